The monoisotopic (exact) mass is 429 g/mol. The van der Waals surface area contributed by atoms with Crippen molar-refractivity contribution in [2.45, 2.75) is 19.8 Å². The molecule has 154 valence electrons. The predicted molar refractivity (Wildman–Crippen MR) is 123 cm³/mol. The summed E-state index contributed by atoms with van der Waals surface area (Å²) in [5.41, 5.74) is 3.22. The predicted octanol–water partition coefficient (Wildman–Crippen LogP) is 4.86. The lowest BCUT2D eigenvalue weighted by Gasteiger charge is -2.20. The van der Waals surface area contributed by atoms with Gasteiger partial charge >= 0.3 is 0 Å². The summed E-state index contributed by atoms with van der Waals surface area (Å²) in [6.07, 6.45) is 5.18. The van der Waals surface area contributed by atoms with Crippen molar-refractivity contribution >= 4 is 39.8 Å². The number of benzene rings is 1. The fraction of sp³-hybridized carbons (Fsp3) is 0.130. The summed E-state index contributed by atoms with van der Waals surface area (Å²) in [5, 5.41) is 15.3. The Hall–Kier alpha value is -3.65. The molecule has 0 saturated heterocycles. The molecule has 0 aliphatic carbocycles. The molecular weight excluding hydrogens is 410 g/mol. The van der Waals surface area contributed by atoms with Gasteiger partial charge in [0.1, 0.15) is 0 Å². The van der Waals surface area contributed by atoms with Crippen LogP contribution in [0.3, 0.4) is 0 Å². The molecule has 0 saturated carbocycles. The fourth-order valence-corrected chi connectivity index (χ4v) is 4.27. The minimum Gasteiger partial charge on any atom is -0.462 e. The summed E-state index contributed by atoms with van der Waals surface area (Å²) >= 11 is 1.21. The number of nitrogens with zero attached hydrogens (tertiary/aromatic N) is 4. The van der Waals surface area contributed by atoms with Crippen LogP contribution in [0.5, 0.6) is 0 Å². The highest BCUT2D eigenvalue weighted by Crippen LogP contribution is 2.31. The largest absolute Gasteiger partial charge is 0.462 e. The Labute approximate surface area is 183 Å². The van der Waals surface area contributed by atoms with Crippen molar-refractivity contribution in [2.24, 2.45) is 10.1 Å². The maximum Gasteiger partial charge on any atom is 0.283 e. The molecule has 1 amide bonds. The average molecular weight is 430 g/mol. The number of hydrazone groups is 1. The van der Waals surface area contributed by atoms with Crippen LogP contribution < -0.4 is 0 Å². The summed E-state index contributed by atoms with van der Waals surface area (Å²) in [4.78, 5) is 16.9. The Morgan fingerprint density at radius 1 is 1.13 bits per heavy atom. The SMILES string of the molecule is CC(C)c1ccc(-n2cccc2/C=C2\C(=N)N3N=C(c4ccco4)SC3=NC2=O)cc1. The molecule has 3 aromatic rings. The molecule has 2 aromatic heterocycles. The highest BCUT2D eigenvalue weighted by atomic mass is 32.2. The van der Waals surface area contributed by atoms with Gasteiger partial charge in [-0.15, -0.1) is 0 Å². The van der Waals surface area contributed by atoms with E-state index in [0.29, 0.717) is 21.9 Å². The molecule has 31 heavy (non-hydrogen) atoms. The number of nitrogens with one attached hydrogen (secondary N) is 1. The number of carbonyl (C=O) groups excluding carboxylic acids is 1. The second-order valence-electron chi connectivity index (χ2n) is 7.45. The maximum atomic E-state index is 12.7. The van der Waals surface area contributed by atoms with Gasteiger partial charge in [-0.2, -0.15) is 15.1 Å². The number of aromatic nitrogens is 1. The molecule has 1 aromatic carbocycles. The van der Waals surface area contributed by atoms with E-state index in [1.165, 1.54) is 22.3 Å². The van der Waals surface area contributed by atoms with Crippen molar-refractivity contribution < 1.29 is 9.21 Å². The molecule has 0 radical (unpaired) electrons. The summed E-state index contributed by atoms with van der Waals surface area (Å²) in [5.74, 6) is 0.568. The van der Waals surface area contributed by atoms with Gasteiger partial charge in [-0.1, -0.05) is 26.0 Å². The second-order valence-corrected chi connectivity index (χ2v) is 8.41. The Bertz CT molecular complexity index is 1260. The summed E-state index contributed by atoms with van der Waals surface area (Å²) in [7, 11) is 0. The number of fused-ring (bicyclic) bond motifs is 1. The number of carbonyl (C=O) groups is 1. The van der Waals surface area contributed by atoms with E-state index in [1.807, 2.05) is 22.9 Å². The van der Waals surface area contributed by atoms with Crippen LogP contribution in [-0.4, -0.2) is 31.5 Å². The van der Waals surface area contributed by atoms with Crippen LogP contribution in [0.2, 0.25) is 0 Å². The van der Waals surface area contributed by atoms with Gasteiger partial charge in [0.05, 0.1) is 11.8 Å². The number of rotatable bonds is 4. The van der Waals surface area contributed by atoms with E-state index < -0.39 is 5.91 Å². The van der Waals surface area contributed by atoms with Crippen LogP contribution in [0.4, 0.5) is 0 Å². The number of aliphatic imine (C=N–C) groups is 1. The average Bonchev–Trinajstić information content (AvgIpc) is 3.51. The molecule has 0 fully saturated rings. The van der Waals surface area contributed by atoms with E-state index in [1.54, 1.807) is 24.5 Å². The quantitative estimate of drug-likeness (QED) is 0.600. The van der Waals surface area contributed by atoms with Gasteiger partial charge in [0.15, 0.2) is 16.6 Å². The van der Waals surface area contributed by atoms with E-state index in [2.05, 4.69) is 48.2 Å². The Morgan fingerprint density at radius 2 is 1.94 bits per heavy atom. The zero-order chi connectivity index (χ0) is 21.5. The first-order valence-corrected chi connectivity index (χ1v) is 10.6. The smallest absolute Gasteiger partial charge is 0.283 e. The molecule has 0 bridgehead atoms. The van der Waals surface area contributed by atoms with Crippen LogP contribution in [0.15, 0.2) is 81.1 Å². The van der Waals surface area contributed by atoms with Gasteiger partial charge in [0.2, 0.25) is 5.17 Å². The zero-order valence-electron chi connectivity index (χ0n) is 16.9. The van der Waals surface area contributed by atoms with Crippen molar-refractivity contribution in [1.82, 2.24) is 9.58 Å². The van der Waals surface area contributed by atoms with E-state index in [4.69, 9.17) is 9.83 Å². The lowest BCUT2D eigenvalue weighted by atomic mass is 10.0. The summed E-state index contributed by atoms with van der Waals surface area (Å²) in [6.45, 7) is 4.32. The van der Waals surface area contributed by atoms with Gasteiger partial charge in [0, 0.05) is 17.6 Å². The molecule has 7 nitrogen and oxygen atoms in total. The summed E-state index contributed by atoms with van der Waals surface area (Å²) in [6, 6.07) is 15.7. The van der Waals surface area contributed by atoms with Crippen LogP contribution in [-0.2, 0) is 4.79 Å². The van der Waals surface area contributed by atoms with Crippen molar-refractivity contribution in [2.75, 3.05) is 0 Å². The van der Waals surface area contributed by atoms with Crippen molar-refractivity contribution in [3.05, 3.63) is 83.6 Å². The number of amidine groups is 2. The molecule has 1 N–H and O–H groups in total. The number of hydrogen-bond donors (Lipinski definition) is 1. The molecule has 0 spiro atoms. The number of furan rings is 1. The highest BCUT2D eigenvalue weighted by molar-refractivity contribution is 8.27. The lowest BCUT2D eigenvalue weighted by molar-refractivity contribution is -0.114. The molecular formula is C23H19N5O2S. The van der Waals surface area contributed by atoms with Crippen molar-refractivity contribution in [1.29, 1.82) is 5.41 Å². The van der Waals surface area contributed by atoms with Crippen LogP contribution in [0.1, 0.15) is 36.8 Å². The Kier molecular flexibility index (Phi) is 4.71. The van der Waals surface area contributed by atoms with Gasteiger partial charge < -0.3 is 8.98 Å². The van der Waals surface area contributed by atoms with Gasteiger partial charge in [-0.05, 0) is 65.7 Å². The molecule has 2 aliphatic heterocycles. The van der Waals surface area contributed by atoms with Gasteiger partial charge in [-0.3, -0.25) is 10.2 Å². The lowest BCUT2D eigenvalue weighted by Crippen LogP contribution is -2.35. The topological polar surface area (TPSA) is 86.9 Å². The molecule has 0 unspecified atom stereocenters. The van der Waals surface area contributed by atoms with Crippen LogP contribution in [0, 0.1) is 5.41 Å². The van der Waals surface area contributed by atoms with Crippen molar-refractivity contribution in [3.8, 4) is 5.69 Å². The molecule has 2 aliphatic rings. The number of amides is 1. The Morgan fingerprint density at radius 3 is 2.65 bits per heavy atom. The van der Waals surface area contributed by atoms with Crippen LogP contribution >= 0.6 is 11.8 Å². The van der Waals surface area contributed by atoms with Gasteiger partial charge in [0.25, 0.3) is 5.91 Å². The second kappa shape index (κ2) is 7.55. The summed E-state index contributed by atoms with van der Waals surface area (Å²) < 4.78 is 7.36. The minimum absolute atomic E-state index is 0.00744. The molecule has 8 heteroatoms. The van der Waals surface area contributed by atoms with Gasteiger partial charge in [-0.25, -0.2) is 0 Å². The number of hydrogen-bond acceptors (Lipinski definition) is 5. The molecule has 4 heterocycles. The first kappa shape index (κ1) is 19.3. The van der Waals surface area contributed by atoms with Crippen molar-refractivity contribution in [3.63, 3.8) is 0 Å². The maximum absolute atomic E-state index is 12.7. The van der Waals surface area contributed by atoms with E-state index in [0.717, 1.165) is 11.4 Å². The van der Waals surface area contributed by atoms with E-state index >= 15 is 0 Å². The third kappa shape index (κ3) is 3.44. The minimum atomic E-state index is -0.456. The third-order valence-electron chi connectivity index (χ3n) is 5.10. The Balaban J connectivity index is 1.48. The highest BCUT2D eigenvalue weighted by Gasteiger charge is 2.36. The van der Waals surface area contributed by atoms with E-state index in [-0.39, 0.29) is 11.4 Å². The first-order chi connectivity index (χ1) is 15.0. The number of thioether (sulfide) groups is 1. The molecule has 5 rings (SSSR count). The first-order valence-electron chi connectivity index (χ1n) is 9.83. The standard InChI is InChI=1S/C23H19N5O2S/c1-14(2)15-7-9-16(10-8-15)27-11-3-5-17(27)13-18-20(24)28-23(25-21(18)29)31-22(26-28)19-6-4-12-30-19/h3-14,24H,1-2H3/b18-13+,24-20?. The molecule has 0 atom stereocenters. The fourth-order valence-electron chi connectivity index (χ4n) is 3.41. The third-order valence-corrected chi connectivity index (χ3v) is 6.02. The normalized spacial score (nSPS) is 17.4. The van der Waals surface area contributed by atoms with E-state index in [9.17, 15) is 4.79 Å². The zero-order valence-corrected chi connectivity index (χ0v) is 17.8. The van der Waals surface area contributed by atoms with Crippen LogP contribution in [0.25, 0.3) is 11.8 Å².